The average Bonchev–Trinajstić information content (AvgIpc) is 2.51. The van der Waals surface area contributed by atoms with E-state index >= 15 is 0 Å². The number of anilines is 1. The monoisotopic (exact) mass is 314 g/mol. The van der Waals surface area contributed by atoms with Crippen molar-refractivity contribution in [3.63, 3.8) is 0 Å². The Bertz CT molecular complexity index is 696. The molecule has 0 heterocycles. The van der Waals surface area contributed by atoms with Crippen molar-refractivity contribution < 1.29 is 13.9 Å². The van der Waals surface area contributed by atoms with E-state index in [2.05, 4.69) is 5.32 Å². The van der Waals surface area contributed by atoms with Crippen LogP contribution in [0, 0.1) is 5.82 Å². The maximum atomic E-state index is 13.5. The van der Waals surface area contributed by atoms with Gasteiger partial charge in [0.1, 0.15) is 0 Å². The van der Waals surface area contributed by atoms with E-state index in [1.807, 2.05) is 24.3 Å². The molecule has 4 nitrogen and oxygen atoms in total. The molecule has 5 heteroatoms. The lowest BCUT2D eigenvalue weighted by Gasteiger charge is -2.43. The highest BCUT2D eigenvalue weighted by Crippen LogP contribution is 2.41. The van der Waals surface area contributed by atoms with Gasteiger partial charge in [0.25, 0.3) is 5.91 Å². The molecule has 1 aliphatic carbocycles. The minimum atomic E-state index is -0.475. The number of nitrogens with two attached hydrogens (primary N) is 1. The van der Waals surface area contributed by atoms with E-state index in [-0.39, 0.29) is 23.8 Å². The van der Waals surface area contributed by atoms with Crippen molar-refractivity contribution in [1.29, 1.82) is 0 Å². The third kappa shape index (κ3) is 3.28. The largest absolute Gasteiger partial charge is 0.481 e. The fraction of sp³-hybridized carbons (Fsp3) is 0.278. The van der Waals surface area contributed by atoms with Crippen LogP contribution < -0.4 is 15.8 Å². The molecule has 0 atom stereocenters. The van der Waals surface area contributed by atoms with Crippen LogP contribution in [0.2, 0.25) is 0 Å². The molecule has 0 aromatic heterocycles. The van der Waals surface area contributed by atoms with Crippen LogP contribution in [0.5, 0.6) is 5.75 Å². The Morgan fingerprint density at radius 2 is 1.87 bits per heavy atom. The van der Waals surface area contributed by atoms with Crippen molar-refractivity contribution in [3.8, 4) is 5.75 Å². The Morgan fingerprint density at radius 1 is 1.17 bits per heavy atom. The van der Waals surface area contributed by atoms with Crippen molar-refractivity contribution in [2.45, 2.75) is 24.8 Å². The summed E-state index contributed by atoms with van der Waals surface area (Å²) in [5.41, 5.74) is 7.09. The maximum absolute atomic E-state index is 13.5. The highest BCUT2D eigenvalue weighted by atomic mass is 19.1. The summed E-state index contributed by atoms with van der Waals surface area (Å²) in [6.45, 7) is -0.211. The summed E-state index contributed by atoms with van der Waals surface area (Å²) >= 11 is 0. The summed E-state index contributed by atoms with van der Waals surface area (Å²) in [6.07, 6.45) is 2.81. The van der Waals surface area contributed by atoms with E-state index in [0.717, 1.165) is 24.8 Å². The fourth-order valence-corrected chi connectivity index (χ4v) is 2.83. The van der Waals surface area contributed by atoms with Crippen molar-refractivity contribution >= 4 is 11.6 Å². The van der Waals surface area contributed by atoms with Gasteiger partial charge in [0.2, 0.25) is 0 Å². The third-order valence-corrected chi connectivity index (χ3v) is 4.24. The predicted molar refractivity (Wildman–Crippen MR) is 86.4 cm³/mol. The Morgan fingerprint density at radius 3 is 2.48 bits per heavy atom. The number of nitrogen functional groups attached to an aromatic ring is 1. The first-order valence-electron chi connectivity index (χ1n) is 7.63. The molecule has 120 valence electrons. The summed E-state index contributed by atoms with van der Waals surface area (Å²) < 4.78 is 18.8. The minimum absolute atomic E-state index is 0.0813. The molecule has 0 bridgehead atoms. The molecular weight excluding hydrogens is 295 g/mol. The number of nitrogens with one attached hydrogen (secondary N) is 1. The maximum Gasteiger partial charge on any atom is 0.258 e. The van der Waals surface area contributed by atoms with Crippen molar-refractivity contribution in [2.24, 2.45) is 0 Å². The Labute approximate surface area is 134 Å². The number of carbonyl (C=O) groups is 1. The molecule has 0 aliphatic heterocycles. The highest BCUT2D eigenvalue weighted by Gasteiger charge is 2.39. The zero-order valence-electron chi connectivity index (χ0n) is 12.7. The number of para-hydroxylation sites is 1. The molecule has 2 aromatic rings. The van der Waals surface area contributed by atoms with Crippen molar-refractivity contribution in [1.82, 2.24) is 5.32 Å². The molecule has 0 saturated heterocycles. The molecule has 2 aromatic carbocycles. The molecule has 1 aliphatic rings. The predicted octanol–water partition coefficient (Wildman–Crippen LogP) is 2.98. The quantitative estimate of drug-likeness (QED) is 0.834. The zero-order chi connectivity index (χ0) is 16.3. The van der Waals surface area contributed by atoms with Gasteiger partial charge < -0.3 is 15.8 Å². The van der Waals surface area contributed by atoms with Gasteiger partial charge in [0, 0.05) is 5.69 Å². The topological polar surface area (TPSA) is 64.3 Å². The number of halogens is 1. The molecule has 1 saturated carbocycles. The van der Waals surface area contributed by atoms with Gasteiger partial charge in [0.15, 0.2) is 18.2 Å². The van der Waals surface area contributed by atoms with Crippen molar-refractivity contribution in [3.05, 3.63) is 59.9 Å². The number of benzene rings is 2. The number of hydrogen-bond donors (Lipinski definition) is 2. The number of rotatable bonds is 5. The SMILES string of the molecule is Nc1ccc(C2(NC(=O)COc3ccccc3F)CCC2)cc1. The lowest BCUT2D eigenvalue weighted by molar-refractivity contribution is -0.126. The standard InChI is InChI=1S/C18H19FN2O2/c19-15-4-1-2-5-16(15)23-12-17(22)21-18(10-3-11-18)13-6-8-14(20)9-7-13/h1-2,4-9H,3,10-12,20H2,(H,21,22). The lowest BCUT2D eigenvalue weighted by atomic mass is 9.71. The van der Waals surface area contributed by atoms with E-state index in [9.17, 15) is 9.18 Å². The molecule has 23 heavy (non-hydrogen) atoms. The van der Waals surface area contributed by atoms with Crippen LogP contribution in [-0.2, 0) is 10.3 Å². The van der Waals surface area contributed by atoms with Gasteiger partial charge in [-0.3, -0.25) is 4.79 Å². The van der Waals surface area contributed by atoms with Gasteiger partial charge in [-0.25, -0.2) is 4.39 Å². The van der Waals surface area contributed by atoms with Gasteiger partial charge in [-0.05, 0) is 49.1 Å². The first kappa shape index (κ1) is 15.3. The summed E-state index contributed by atoms with van der Waals surface area (Å²) in [5.74, 6) is -0.653. The van der Waals surface area contributed by atoms with Crippen LogP contribution in [0.1, 0.15) is 24.8 Å². The van der Waals surface area contributed by atoms with Gasteiger partial charge in [0.05, 0.1) is 5.54 Å². The van der Waals surface area contributed by atoms with E-state index in [1.165, 1.54) is 12.1 Å². The molecule has 0 unspecified atom stereocenters. The van der Waals surface area contributed by atoms with Crippen molar-refractivity contribution in [2.75, 3.05) is 12.3 Å². The van der Waals surface area contributed by atoms with Crippen LogP contribution in [-0.4, -0.2) is 12.5 Å². The molecule has 1 amide bonds. The summed E-state index contributed by atoms with van der Waals surface area (Å²) in [7, 11) is 0. The highest BCUT2D eigenvalue weighted by molar-refractivity contribution is 5.78. The summed E-state index contributed by atoms with van der Waals surface area (Å²) in [6, 6.07) is 13.6. The first-order valence-corrected chi connectivity index (χ1v) is 7.63. The number of carbonyl (C=O) groups excluding carboxylic acids is 1. The van der Waals surface area contributed by atoms with Gasteiger partial charge in [-0.15, -0.1) is 0 Å². The van der Waals surface area contributed by atoms with Crippen LogP contribution in [0.15, 0.2) is 48.5 Å². The Balaban J connectivity index is 1.64. The molecule has 3 N–H and O–H groups in total. The smallest absolute Gasteiger partial charge is 0.258 e. The molecular formula is C18H19FN2O2. The molecule has 3 rings (SSSR count). The van der Waals surface area contributed by atoms with E-state index in [1.54, 1.807) is 12.1 Å². The zero-order valence-corrected chi connectivity index (χ0v) is 12.7. The lowest BCUT2D eigenvalue weighted by Crippen LogP contribution is -2.52. The van der Waals surface area contributed by atoms with Crippen LogP contribution >= 0.6 is 0 Å². The first-order chi connectivity index (χ1) is 11.1. The van der Waals surface area contributed by atoms with Crippen LogP contribution in [0.25, 0.3) is 0 Å². The summed E-state index contributed by atoms with van der Waals surface area (Å²) in [5, 5.41) is 3.03. The number of hydrogen-bond acceptors (Lipinski definition) is 3. The summed E-state index contributed by atoms with van der Waals surface area (Å²) in [4.78, 5) is 12.2. The van der Waals surface area contributed by atoms with Crippen LogP contribution in [0.3, 0.4) is 0 Å². The van der Waals surface area contributed by atoms with E-state index in [0.29, 0.717) is 5.69 Å². The number of ether oxygens (including phenoxy) is 1. The van der Waals surface area contributed by atoms with E-state index in [4.69, 9.17) is 10.5 Å². The molecule has 0 spiro atoms. The number of amides is 1. The Hall–Kier alpha value is -2.56. The minimum Gasteiger partial charge on any atom is -0.481 e. The second-order valence-electron chi connectivity index (χ2n) is 5.82. The Kier molecular flexibility index (Phi) is 4.19. The second-order valence-corrected chi connectivity index (χ2v) is 5.82. The third-order valence-electron chi connectivity index (χ3n) is 4.24. The molecule has 0 radical (unpaired) electrons. The van der Waals surface area contributed by atoms with Gasteiger partial charge in [-0.1, -0.05) is 24.3 Å². The second kappa shape index (κ2) is 6.28. The normalized spacial score (nSPS) is 15.5. The van der Waals surface area contributed by atoms with E-state index < -0.39 is 5.82 Å². The average molecular weight is 314 g/mol. The van der Waals surface area contributed by atoms with Gasteiger partial charge in [-0.2, -0.15) is 0 Å². The van der Waals surface area contributed by atoms with Crippen LogP contribution in [0.4, 0.5) is 10.1 Å². The molecule has 1 fully saturated rings. The van der Waals surface area contributed by atoms with Gasteiger partial charge >= 0.3 is 0 Å². The fourth-order valence-electron chi connectivity index (χ4n) is 2.83.